The Morgan fingerprint density at radius 1 is 1.53 bits per heavy atom. The quantitative estimate of drug-likeness (QED) is 0.463. The van der Waals surface area contributed by atoms with Gasteiger partial charge in [-0.15, -0.1) is 0 Å². The standard InChI is InChI=1S/C10H9BrClFN4/c11-6-2-1-5(8(13)7(6)12)9(17-14)10-15-3-4-16-10/h1-4,9,17H,14H2,(H,15,16). The number of H-pyrrole nitrogens is 1. The topological polar surface area (TPSA) is 66.7 Å². The van der Waals surface area contributed by atoms with E-state index >= 15 is 0 Å². The molecule has 1 atom stereocenters. The Labute approximate surface area is 110 Å². The summed E-state index contributed by atoms with van der Waals surface area (Å²) in [5.74, 6) is 5.41. The Morgan fingerprint density at radius 3 is 2.88 bits per heavy atom. The SMILES string of the molecule is NNC(c1ncc[nH]1)c1ccc(Br)c(Cl)c1F. The summed E-state index contributed by atoms with van der Waals surface area (Å²) in [6, 6.07) is 2.68. The number of benzene rings is 1. The second-order valence-electron chi connectivity index (χ2n) is 3.34. The molecule has 1 aromatic carbocycles. The van der Waals surface area contributed by atoms with Crippen LogP contribution in [-0.4, -0.2) is 9.97 Å². The number of imidazole rings is 1. The Kier molecular flexibility index (Phi) is 3.78. The first-order valence-electron chi connectivity index (χ1n) is 4.74. The Balaban J connectivity index is 2.49. The van der Waals surface area contributed by atoms with Gasteiger partial charge in [0.15, 0.2) is 0 Å². The van der Waals surface area contributed by atoms with E-state index in [1.807, 2.05) is 0 Å². The van der Waals surface area contributed by atoms with Gasteiger partial charge in [-0.25, -0.2) is 14.8 Å². The van der Waals surface area contributed by atoms with Crippen molar-refractivity contribution < 1.29 is 4.39 Å². The van der Waals surface area contributed by atoms with E-state index in [0.29, 0.717) is 15.9 Å². The van der Waals surface area contributed by atoms with Crippen LogP contribution in [0.3, 0.4) is 0 Å². The number of aromatic amines is 1. The monoisotopic (exact) mass is 318 g/mol. The molecule has 0 saturated carbocycles. The number of halogens is 3. The van der Waals surface area contributed by atoms with Gasteiger partial charge in [0.2, 0.25) is 0 Å². The number of aromatic nitrogens is 2. The zero-order chi connectivity index (χ0) is 12.4. The molecule has 0 aliphatic rings. The third-order valence-corrected chi connectivity index (χ3v) is 3.59. The molecule has 0 saturated heterocycles. The van der Waals surface area contributed by atoms with Gasteiger partial charge in [-0.3, -0.25) is 5.84 Å². The maximum absolute atomic E-state index is 14.0. The van der Waals surface area contributed by atoms with Crippen LogP contribution in [0.25, 0.3) is 0 Å². The molecule has 1 heterocycles. The maximum Gasteiger partial charge on any atom is 0.148 e. The van der Waals surface area contributed by atoms with Crippen LogP contribution in [0.1, 0.15) is 17.4 Å². The highest BCUT2D eigenvalue weighted by Crippen LogP contribution is 2.31. The van der Waals surface area contributed by atoms with Crippen LogP contribution < -0.4 is 11.3 Å². The van der Waals surface area contributed by atoms with Gasteiger partial charge in [0.1, 0.15) is 17.7 Å². The van der Waals surface area contributed by atoms with E-state index in [4.69, 9.17) is 17.4 Å². The average molecular weight is 320 g/mol. The maximum atomic E-state index is 14.0. The minimum atomic E-state index is -0.574. The third-order valence-electron chi connectivity index (χ3n) is 2.34. The van der Waals surface area contributed by atoms with Crippen LogP contribution in [-0.2, 0) is 0 Å². The summed E-state index contributed by atoms with van der Waals surface area (Å²) in [6.07, 6.45) is 3.20. The molecule has 4 N–H and O–H groups in total. The van der Waals surface area contributed by atoms with Crippen molar-refractivity contribution in [3.05, 3.63) is 51.2 Å². The zero-order valence-corrected chi connectivity index (χ0v) is 10.9. The lowest BCUT2D eigenvalue weighted by atomic mass is 10.1. The smallest absolute Gasteiger partial charge is 0.148 e. The minimum absolute atomic E-state index is 0.0225. The fourth-order valence-corrected chi connectivity index (χ4v) is 1.99. The number of nitrogens with zero attached hydrogens (tertiary/aromatic N) is 1. The van der Waals surface area contributed by atoms with Gasteiger partial charge in [0, 0.05) is 22.4 Å². The van der Waals surface area contributed by atoms with Crippen molar-refractivity contribution in [1.29, 1.82) is 0 Å². The van der Waals surface area contributed by atoms with Gasteiger partial charge in [-0.05, 0) is 22.0 Å². The molecule has 0 radical (unpaired) electrons. The molecule has 2 aromatic rings. The highest BCUT2D eigenvalue weighted by atomic mass is 79.9. The van der Waals surface area contributed by atoms with Gasteiger partial charge in [0.25, 0.3) is 0 Å². The van der Waals surface area contributed by atoms with E-state index in [0.717, 1.165) is 0 Å². The first-order valence-corrected chi connectivity index (χ1v) is 5.91. The lowest BCUT2D eigenvalue weighted by Gasteiger charge is -2.15. The highest BCUT2D eigenvalue weighted by molar-refractivity contribution is 9.10. The number of hydrogen-bond acceptors (Lipinski definition) is 3. The molecule has 90 valence electrons. The molecule has 17 heavy (non-hydrogen) atoms. The lowest BCUT2D eigenvalue weighted by Crippen LogP contribution is -2.30. The van der Waals surface area contributed by atoms with Crippen LogP contribution in [0.2, 0.25) is 5.02 Å². The molecule has 4 nitrogen and oxygen atoms in total. The number of nitrogens with two attached hydrogens (primary N) is 1. The molecule has 0 spiro atoms. The van der Waals surface area contributed by atoms with E-state index in [-0.39, 0.29) is 5.02 Å². The van der Waals surface area contributed by atoms with E-state index < -0.39 is 11.9 Å². The van der Waals surface area contributed by atoms with Gasteiger partial charge in [-0.2, -0.15) is 0 Å². The number of nitrogens with one attached hydrogen (secondary N) is 2. The summed E-state index contributed by atoms with van der Waals surface area (Å²) in [6.45, 7) is 0. The number of rotatable bonds is 3. The lowest BCUT2D eigenvalue weighted by molar-refractivity contribution is 0.546. The molecule has 1 unspecified atom stereocenters. The summed E-state index contributed by atoms with van der Waals surface area (Å²) in [4.78, 5) is 6.91. The van der Waals surface area contributed by atoms with Gasteiger partial charge in [0.05, 0.1) is 5.02 Å². The van der Waals surface area contributed by atoms with Crippen molar-refractivity contribution in [3.8, 4) is 0 Å². The van der Waals surface area contributed by atoms with Crippen molar-refractivity contribution in [3.63, 3.8) is 0 Å². The van der Waals surface area contributed by atoms with E-state index in [1.54, 1.807) is 24.5 Å². The van der Waals surface area contributed by atoms with Gasteiger partial charge >= 0.3 is 0 Å². The molecule has 1 aromatic heterocycles. The fraction of sp³-hybridized carbons (Fsp3) is 0.100. The van der Waals surface area contributed by atoms with Crippen molar-refractivity contribution >= 4 is 27.5 Å². The van der Waals surface area contributed by atoms with Gasteiger partial charge in [-0.1, -0.05) is 17.7 Å². The molecule has 0 aliphatic carbocycles. The van der Waals surface area contributed by atoms with E-state index in [9.17, 15) is 4.39 Å². The van der Waals surface area contributed by atoms with Crippen LogP contribution in [0.15, 0.2) is 29.0 Å². The van der Waals surface area contributed by atoms with Crippen molar-refractivity contribution in [1.82, 2.24) is 15.4 Å². The first kappa shape index (κ1) is 12.5. The predicted molar refractivity (Wildman–Crippen MR) is 66.9 cm³/mol. The second-order valence-corrected chi connectivity index (χ2v) is 4.57. The Morgan fingerprint density at radius 2 is 2.29 bits per heavy atom. The van der Waals surface area contributed by atoms with Crippen LogP contribution >= 0.6 is 27.5 Å². The summed E-state index contributed by atoms with van der Waals surface area (Å²) in [5, 5.41) is 0.0225. The van der Waals surface area contributed by atoms with Crippen LogP contribution in [0, 0.1) is 5.82 Å². The second kappa shape index (κ2) is 5.14. The zero-order valence-electron chi connectivity index (χ0n) is 8.55. The molecule has 0 fully saturated rings. The van der Waals surface area contributed by atoms with E-state index in [2.05, 4.69) is 31.3 Å². The molecule has 0 amide bonds. The molecule has 7 heteroatoms. The van der Waals surface area contributed by atoms with Crippen molar-refractivity contribution in [2.45, 2.75) is 6.04 Å². The fourth-order valence-electron chi connectivity index (χ4n) is 1.52. The summed E-state index contributed by atoms with van der Waals surface area (Å²) >= 11 is 8.98. The molecule has 0 aliphatic heterocycles. The van der Waals surface area contributed by atoms with Crippen molar-refractivity contribution in [2.24, 2.45) is 5.84 Å². The molecular weight excluding hydrogens is 310 g/mol. The average Bonchev–Trinajstić information content (AvgIpc) is 2.84. The van der Waals surface area contributed by atoms with Crippen LogP contribution in [0.4, 0.5) is 4.39 Å². The van der Waals surface area contributed by atoms with Crippen LogP contribution in [0.5, 0.6) is 0 Å². The Bertz CT molecular complexity index is 517. The highest BCUT2D eigenvalue weighted by Gasteiger charge is 2.21. The summed E-state index contributed by atoms with van der Waals surface area (Å²) in [7, 11) is 0. The first-order chi connectivity index (χ1) is 8.15. The molecule has 0 bridgehead atoms. The summed E-state index contributed by atoms with van der Waals surface area (Å²) in [5.41, 5.74) is 2.83. The molecular formula is C10H9BrClFN4. The molecule has 2 rings (SSSR count). The van der Waals surface area contributed by atoms with Gasteiger partial charge < -0.3 is 4.98 Å². The predicted octanol–water partition coefficient (Wildman–Crippen LogP) is 2.52. The van der Waals surface area contributed by atoms with E-state index in [1.165, 1.54) is 0 Å². The minimum Gasteiger partial charge on any atom is -0.347 e. The number of hydrazine groups is 1. The Hall–Kier alpha value is -0.950. The third kappa shape index (κ3) is 2.35. The van der Waals surface area contributed by atoms with Crippen molar-refractivity contribution in [2.75, 3.05) is 0 Å². The number of hydrogen-bond donors (Lipinski definition) is 3. The summed E-state index contributed by atoms with van der Waals surface area (Å²) < 4.78 is 14.5. The normalized spacial score (nSPS) is 12.7. The largest absolute Gasteiger partial charge is 0.347 e.